The fourth-order valence-electron chi connectivity index (χ4n) is 2.26. The summed E-state index contributed by atoms with van der Waals surface area (Å²) in [5.41, 5.74) is 0.777. The molecule has 1 heterocycles. The van der Waals surface area contributed by atoms with Gasteiger partial charge in [-0.1, -0.05) is 18.7 Å². The number of hydrogen-bond acceptors (Lipinski definition) is 7. The van der Waals surface area contributed by atoms with E-state index >= 15 is 0 Å². The number of rotatable bonds is 9. The average molecular weight is 390 g/mol. The highest BCUT2D eigenvalue weighted by Gasteiger charge is 2.37. The van der Waals surface area contributed by atoms with E-state index in [4.69, 9.17) is 14.2 Å². The minimum atomic E-state index is -0.637. The molecule has 0 spiro atoms. The number of amides is 2. The van der Waals surface area contributed by atoms with Gasteiger partial charge in [-0.25, -0.2) is 9.69 Å². The SMILES string of the molecule is C=C(C)C(=O)OCCOC(=O)CCC(=[OH+])OCN1C(=O)c2ccccc2C1=O. The Bertz CT molecular complexity index is 794. The molecule has 0 aliphatic carbocycles. The first-order valence-corrected chi connectivity index (χ1v) is 8.42. The Kier molecular flexibility index (Phi) is 7.02. The van der Waals surface area contributed by atoms with Crippen molar-refractivity contribution in [3.63, 3.8) is 0 Å². The van der Waals surface area contributed by atoms with Gasteiger partial charge in [0.1, 0.15) is 19.6 Å². The largest absolute Gasteiger partial charge is 0.484 e. The van der Waals surface area contributed by atoms with E-state index in [9.17, 15) is 24.0 Å². The van der Waals surface area contributed by atoms with Gasteiger partial charge < -0.3 is 14.3 Å². The summed E-state index contributed by atoms with van der Waals surface area (Å²) in [5.74, 6) is -2.76. The Morgan fingerprint density at radius 2 is 1.57 bits per heavy atom. The van der Waals surface area contributed by atoms with Crippen molar-refractivity contribution in [3.05, 3.63) is 47.5 Å². The number of esters is 3. The maximum absolute atomic E-state index is 12.1. The van der Waals surface area contributed by atoms with Crippen LogP contribution in [-0.4, -0.2) is 59.4 Å². The lowest BCUT2D eigenvalue weighted by Crippen LogP contribution is -2.33. The van der Waals surface area contributed by atoms with Crippen LogP contribution in [0.15, 0.2) is 36.4 Å². The first-order chi connectivity index (χ1) is 13.3. The van der Waals surface area contributed by atoms with E-state index in [1.807, 2.05) is 0 Å². The molecule has 9 heteroatoms. The Morgan fingerprint density at radius 1 is 1.00 bits per heavy atom. The third-order valence-corrected chi connectivity index (χ3v) is 3.71. The number of fused-ring (bicyclic) bond motifs is 1. The zero-order valence-corrected chi connectivity index (χ0v) is 15.3. The molecule has 1 aromatic carbocycles. The minimum absolute atomic E-state index is 0.108. The summed E-state index contributed by atoms with van der Waals surface area (Å²) in [6.07, 6.45) is -0.365. The zero-order valence-electron chi connectivity index (χ0n) is 15.3. The number of imide groups is 1. The summed E-state index contributed by atoms with van der Waals surface area (Å²) in [5, 5.41) is 0. The summed E-state index contributed by atoms with van der Waals surface area (Å²) in [6.45, 7) is 4.20. The number of carbonyl (C=O) groups is 4. The average Bonchev–Trinajstić information content (AvgIpc) is 2.92. The monoisotopic (exact) mass is 390 g/mol. The summed E-state index contributed by atoms with van der Waals surface area (Å²) in [7, 11) is 0. The Hall–Kier alpha value is -3.49. The molecule has 9 nitrogen and oxygen atoms in total. The molecule has 0 saturated carbocycles. The molecular weight excluding hydrogens is 370 g/mol. The summed E-state index contributed by atoms with van der Waals surface area (Å²) in [6, 6.07) is 6.34. The Balaban J connectivity index is 1.66. The van der Waals surface area contributed by atoms with Crippen LogP contribution in [0.25, 0.3) is 0 Å². The zero-order chi connectivity index (χ0) is 20.7. The Morgan fingerprint density at radius 3 is 2.14 bits per heavy atom. The highest BCUT2D eigenvalue weighted by atomic mass is 16.6. The normalized spacial score (nSPS) is 12.4. The molecule has 0 fully saturated rings. The van der Waals surface area contributed by atoms with Crippen molar-refractivity contribution in [3.8, 4) is 0 Å². The van der Waals surface area contributed by atoms with Gasteiger partial charge in [0.2, 0.25) is 0 Å². The fourth-order valence-corrected chi connectivity index (χ4v) is 2.26. The second kappa shape index (κ2) is 9.45. The third-order valence-electron chi connectivity index (χ3n) is 3.71. The van der Waals surface area contributed by atoms with Gasteiger partial charge in [0, 0.05) is 5.57 Å². The smallest absolute Gasteiger partial charge is 0.462 e. The van der Waals surface area contributed by atoms with Crippen molar-refractivity contribution in [2.45, 2.75) is 19.8 Å². The van der Waals surface area contributed by atoms with Crippen molar-refractivity contribution < 1.29 is 38.2 Å². The van der Waals surface area contributed by atoms with Gasteiger partial charge in [-0.2, -0.15) is 0 Å². The van der Waals surface area contributed by atoms with Gasteiger partial charge in [0.15, 0.2) is 0 Å². The lowest BCUT2D eigenvalue weighted by molar-refractivity contribution is -0.150. The molecule has 1 aliphatic heterocycles. The van der Waals surface area contributed by atoms with E-state index in [1.165, 1.54) is 19.1 Å². The maximum Gasteiger partial charge on any atom is 0.484 e. The molecule has 0 atom stereocenters. The van der Waals surface area contributed by atoms with Crippen molar-refractivity contribution in [2.24, 2.45) is 0 Å². The summed E-state index contributed by atoms with van der Waals surface area (Å²) in [4.78, 5) is 57.5. The van der Waals surface area contributed by atoms with E-state index in [0.29, 0.717) is 0 Å². The van der Waals surface area contributed by atoms with Crippen LogP contribution in [0.1, 0.15) is 40.5 Å². The van der Waals surface area contributed by atoms with Crippen LogP contribution in [0.4, 0.5) is 0 Å². The van der Waals surface area contributed by atoms with Crippen molar-refractivity contribution in [2.75, 3.05) is 19.9 Å². The number of ether oxygens (including phenoxy) is 3. The van der Waals surface area contributed by atoms with E-state index < -0.39 is 36.5 Å². The topological polar surface area (TPSA) is 121 Å². The first-order valence-electron chi connectivity index (χ1n) is 8.42. The number of hydrogen-bond donors (Lipinski definition) is 0. The molecule has 1 aliphatic rings. The molecule has 2 rings (SSSR count). The van der Waals surface area contributed by atoms with Gasteiger partial charge in [-0.05, 0) is 19.1 Å². The van der Waals surface area contributed by atoms with Gasteiger partial charge in [0.25, 0.3) is 18.5 Å². The molecule has 1 aromatic rings. The van der Waals surface area contributed by atoms with E-state index in [0.717, 1.165) is 4.90 Å². The van der Waals surface area contributed by atoms with E-state index in [2.05, 4.69) is 6.58 Å². The van der Waals surface area contributed by atoms with Gasteiger partial charge >= 0.3 is 17.9 Å². The molecule has 0 saturated heterocycles. The lowest BCUT2D eigenvalue weighted by atomic mass is 10.1. The standard InChI is InChI=1S/C19H19NO8/c1-12(2)19(25)27-10-9-26-15(21)7-8-16(22)28-11-20-17(23)13-5-3-4-6-14(13)18(20)24/h3-6H,1,7-11H2,2H3/p+1. The first kappa shape index (κ1) is 20.8. The van der Waals surface area contributed by atoms with Crippen LogP contribution in [-0.2, 0) is 23.8 Å². The number of nitrogens with zero attached hydrogens (tertiary/aromatic N) is 1. The highest BCUT2D eigenvalue weighted by molar-refractivity contribution is 6.21. The summed E-state index contributed by atoms with van der Waals surface area (Å²) < 4.78 is 14.6. The predicted octanol–water partition coefficient (Wildman–Crippen LogP) is 1.20. The molecule has 2 amide bonds. The molecule has 28 heavy (non-hydrogen) atoms. The van der Waals surface area contributed by atoms with Crippen LogP contribution in [0.2, 0.25) is 0 Å². The lowest BCUT2D eigenvalue weighted by Gasteiger charge is -2.08. The molecule has 0 bridgehead atoms. The molecule has 0 unspecified atom stereocenters. The molecule has 0 radical (unpaired) electrons. The number of benzene rings is 1. The van der Waals surface area contributed by atoms with Crippen LogP contribution >= 0.6 is 0 Å². The van der Waals surface area contributed by atoms with Crippen LogP contribution in [0, 0.1) is 0 Å². The van der Waals surface area contributed by atoms with Crippen LogP contribution in [0.3, 0.4) is 0 Å². The molecule has 0 aromatic heterocycles. The van der Waals surface area contributed by atoms with Gasteiger partial charge in [-0.15, -0.1) is 0 Å². The quantitative estimate of drug-likeness (QED) is 0.155. The van der Waals surface area contributed by atoms with Crippen LogP contribution < -0.4 is 0 Å². The van der Waals surface area contributed by atoms with Crippen molar-refractivity contribution in [1.82, 2.24) is 4.90 Å². The number of carbonyl (C=O) groups excluding carboxylic acids is 5. The van der Waals surface area contributed by atoms with Gasteiger partial charge in [-0.3, -0.25) is 19.1 Å². The minimum Gasteiger partial charge on any atom is -0.462 e. The summed E-state index contributed by atoms with van der Waals surface area (Å²) >= 11 is 0. The van der Waals surface area contributed by atoms with E-state index in [-0.39, 0.29) is 42.8 Å². The van der Waals surface area contributed by atoms with Crippen molar-refractivity contribution >= 4 is 29.7 Å². The molecular formula is C19H20NO8+. The molecule has 148 valence electrons. The van der Waals surface area contributed by atoms with Gasteiger partial charge in [0.05, 0.1) is 17.5 Å². The second-order valence-electron chi connectivity index (χ2n) is 5.89. The predicted molar refractivity (Wildman–Crippen MR) is 95.8 cm³/mol. The molecule has 1 N–H and O–H groups in total. The maximum atomic E-state index is 12.1. The van der Waals surface area contributed by atoms with Crippen molar-refractivity contribution in [1.29, 1.82) is 0 Å². The second-order valence-corrected chi connectivity index (χ2v) is 5.89. The highest BCUT2D eigenvalue weighted by Crippen LogP contribution is 2.22. The van der Waals surface area contributed by atoms with E-state index in [1.54, 1.807) is 12.1 Å². The third kappa shape index (κ3) is 5.26. The Labute approximate surface area is 160 Å². The van der Waals surface area contributed by atoms with Crippen LogP contribution in [0.5, 0.6) is 0 Å². The fraction of sp³-hybridized carbons (Fsp3) is 0.316.